The minimum Gasteiger partial charge on any atom is -0.481 e. The van der Waals surface area contributed by atoms with E-state index in [-0.39, 0.29) is 12.3 Å². The monoisotopic (exact) mass is 547 g/mol. The second kappa shape index (κ2) is 11.5. The Bertz CT molecular complexity index is 1300. The highest BCUT2D eigenvalue weighted by molar-refractivity contribution is 9.10. The number of carboxylic acid groups (broad SMARTS) is 1. The molecule has 0 fully saturated rings. The summed E-state index contributed by atoms with van der Waals surface area (Å²) in [5, 5.41) is 15.6. The molecule has 0 spiro atoms. The van der Waals surface area contributed by atoms with Crippen LogP contribution in [0, 0.1) is 0 Å². The van der Waals surface area contributed by atoms with Gasteiger partial charge in [-0.15, -0.1) is 0 Å². The highest BCUT2D eigenvalue weighted by Crippen LogP contribution is 2.39. The Morgan fingerprint density at radius 3 is 2.44 bits per heavy atom. The number of aryl methyl sites for hydroxylation is 1. The van der Waals surface area contributed by atoms with Crippen molar-refractivity contribution >= 4 is 50.5 Å². The van der Waals surface area contributed by atoms with Crippen LogP contribution >= 0.6 is 15.9 Å². The molecule has 1 amide bonds. The number of halogens is 1. The summed E-state index contributed by atoms with van der Waals surface area (Å²) in [6.45, 7) is 7.19. The van der Waals surface area contributed by atoms with Crippen LogP contribution < -0.4 is 10.6 Å². The van der Waals surface area contributed by atoms with Gasteiger partial charge in [0.2, 0.25) is 0 Å². The largest absolute Gasteiger partial charge is 0.481 e. The summed E-state index contributed by atoms with van der Waals surface area (Å²) >= 11 is 3.48. The van der Waals surface area contributed by atoms with E-state index in [9.17, 15) is 9.59 Å². The Hall–Kier alpha value is -3.42. The molecule has 0 saturated heterocycles. The van der Waals surface area contributed by atoms with Crippen LogP contribution in [0.2, 0.25) is 0 Å². The van der Waals surface area contributed by atoms with Crippen molar-refractivity contribution in [2.75, 3.05) is 23.7 Å². The van der Waals surface area contributed by atoms with Crippen LogP contribution in [0.25, 0.3) is 11.3 Å². The van der Waals surface area contributed by atoms with Crippen LogP contribution in [0.4, 0.5) is 11.4 Å². The van der Waals surface area contributed by atoms with Gasteiger partial charge in [0.15, 0.2) is 0 Å². The van der Waals surface area contributed by atoms with Crippen LogP contribution in [-0.4, -0.2) is 35.0 Å². The molecule has 0 aliphatic carbocycles. The first-order valence-electron chi connectivity index (χ1n) is 12.1. The number of hydrogen-bond acceptors (Lipinski definition) is 4. The van der Waals surface area contributed by atoms with Gasteiger partial charge in [0.05, 0.1) is 17.0 Å². The summed E-state index contributed by atoms with van der Waals surface area (Å²) in [5.74, 6) is -1.02. The summed E-state index contributed by atoms with van der Waals surface area (Å²) < 4.78 is 0.886. The smallest absolute Gasteiger partial charge is 0.303 e. The summed E-state index contributed by atoms with van der Waals surface area (Å²) in [7, 11) is 0. The molecule has 0 aromatic heterocycles. The maximum atomic E-state index is 13.2. The summed E-state index contributed by atoms with van der Waals surface area (Å²) in [6, 6.07) is 21.7. The third-order valence-corrected chi connectivity index (χ3v) is 6.84. The third kappa shape index (κ3) is 6.04. The highest BCUT2D eigenvalue weighted by atomic mass is 79.9. The van der Waals surface area contributed by atoms with Crippen molar-refractivity contribution in [3.63, 3.8) is 0 Å². The Kier molecular flexibility index (Phi) is 8.23. The van der Waals surface area contributed by atoms with E-state index in [1.807, 2.05) is 54.6 Å². The number of fused-ring (bicyclic) bond motifs is 1. The predicted molar refractivity (Wildman–Crippen MR) is 149 cm³/mol. The predicted octanol–water partition coefficient (Wildman–Crippen LogP) is 6.24. The molecule has 3 aromatic rings. The summed E-state index contributed by atoms with van der Waals surface area (Å²) in [5.41, 5.74) is 6.63. The number of benzene rings is 3. The lowest BCUT2D eigenvalue weighted by molar-refractivity contribution is -0.137. The fraction of sp³-hybridized carbons (Fsp3) is 0.241. The lowest BCUT2D eigenvalue weighted by atomic mass is 9.97. The van der Waals surface area contributed by atoms with Gasteiger partial charge in [-0.1, -0.05) is 66.2 Å². The molecule has 0 bridgehead atoms. The number of anilines is 2. The molecule has 6 nitrogen and oxygen atoms in total. The van der Waals surface area contributed by atoms with Crippen molar-refractivity contribution in [2.24, 2.45) is 0 Å². The third-order valence-electron chi connectivity index (χ3n) is 6.34. The van der Waals surface area contributed by atoms with E-state index in [2.05, 4.69) is 57.4 Å². The van der Waals surface area contributed by atoms with Gasteiger partial charge in [0.1, 0.15) is 0 Å². The fourth-order valence-electron chi connectivity index (χ4n) is 4.35. The molecular formula is C29H30BrN3O3. The molecule has 3 N–H and O–H groups in total. The zero-order chi connectivity index (χ0) is 25.7. The van der Waals surface area contributed by atoms with Crippen LogP contribution in [-0.2, 0) is 22.6 Å². The normalized spacial score (nSPS) is 13.9. The SMILES string of the molecule is CCN(CC)Cc1ccc(N/C(=C2\C(=O)Nc3cc(Br)ccc32)c2cccc(CCC(=O)O)c2)cc1. The lowest BCUT2D eigenvalue weighted by Gasteiger charge is -2.19. The van der Waals surface area contributed by atoms with Crippen molar-refractivity contribution in [3.05, 3.63) is 93.5 Å². The summed E-state index contributed by atoms with van der Waals surface area (Å²) in [4.78, 5) is 26.6. The minimum atomic E-state index is -0.836. The maximum Gasteiger partial charge on any atom is 0.303 e. The Morgan fingerprint density at radius 1 is 1.00 bits per heavy atom. The highest BCUT2D eigenvalue weighted by Gasteiger charge is 2.28. The average Bonchev–Trinajstić information content (AvgIpc) is 3.20. The van der Waals surface area contributed by atoms with Crippen molar-refractivity contribution < 1.29 is 14.7 Å². The number of carboxylic acids is 1. The molecule has 0 unspecified atom stereocenters. The van der Waals surface area contributed by atoms with Crippen molar-refractivity contribution in [1.82, 2.24) is 4.90 Å². The zero-order valence-corrected chi connectivity index (χ0v) is 22.1. The number of carbonyl (C=O) groups is 2. The van der Waals surface area contributed by atoms with Gasteiger partial charge in [-0.3, -0.25) is 14.5 Å². The molecule has 3 aromatic carbocycles. The molecule has 1 aliphatic rings. The van der Waals surface area contributed by atoms with Crippen molar-refractivity contribution in [3.8, 4) is 0 Å². The molecule has 0 radical (unpaired) electrons. The number of hydrogen-bond donors (Lipinski definition) is 3. The van der Waals surface area contributed by atoms with Gasteiger partial charge in [0.25, 0.3) is 5.91 Å². The van der Waals surface area contributed by atoms with E-state index < -0.39 is 5.97 Å². The molecule has 186 valence electrons. The van der Waals surface area contributed by atoms with Crippen LogP contribution in [0.5, 0.6) is 0 Å². The molecule has 0 atom stereocenters. The van der Waals surface area contributed by atoms with E-state index in [1.54, 1.807) is 0 Å². The quantitative estimate of drug-likeness (QED) is 0.262. The first-order chi connectivity index (χ1) is 17.4. The first kappa shape index (κ1) is 25.7. The van der Waals surface area contributed by atoms with Gasteiger partial charge in [-0.2, -0.15) is 0 Å². The Morgan fingerprint density at radius 2 is 1.75 bits per heavy atom. The molecule has 1 heterocycles. The fourth-order valence-corrected chi connectivity index (χ4v) is 4.71. The summed E-state index contributed by atoms with van der Waals surface area (Å²) in [6.07, 6.45) is 0.468. The standard InChI is InChI=1S/C29H30BrN3O3/c1-3-33(4-2)18-20-8-12-23(13-9-20)31-28(21-7-5-6-19(16-21)10-15-26(34)35)27-24-14-11-22(30)17-25(24)32-29(27)36/h5-9,11-14,16-17,31H,3-4,10,15,18H2,1-2H3,(H,32,36)(H,34,35)/b28-27-. The molecule has 4 rings (SSSR count). The van der Waals surface area contributed by atoms with E-state index >= 15 is 0 Å². The van der Waals surface area contributed by atoms with Crippen molar-refractivity contribution in [2.45, 2.75) is 33.2 Å². The first-order valence-corrected chi connectivity index (χ1v) is 12.9. The number of amides is 1. The molecular weight excluding hydrogens is 518 g/mol. The van der Waals surface area contributed by atoms with E-state index in [0.29, 0.717) is 17.7 Å². The number of rotatable bonds is 10. The topological polar surface area (TPSA) is 81.7 Å². The van der Waals surface area contributed by atoms with E-state index in [0.717, 1.165) is 52.2 Å². The van der Waals surface area contributed by atoms with Crippen molar-refractivity contribution in [1.29, 1.82) is 0 Å². The average molecular weight is 548 g/mol. The van der Waals surface area contributed by atoms with Gasteiger partial charge >= 0.3 is 5.97 Å². The van der Waals surface area contributed by atoms with E-state index in [4.69, 9.17) is 5.11 Å². The Balaban J connectivity index is 1.74. The van der Waals surface area contributed by atoms with Gasteiger partial charge < -0.3 is 15.7 Å². The lowest BCUT2D eigenvalue weighted by Crippen LogP contribution is -2.22. The van der Waals surface area contributed by atoms with Gasteiger partial charge in [-0.05, 0) is 66.5 Å². The number of nitrogens with zero attached hydrogens (tertiary/aromatic N) is 1. The number of nitrogens with one attached hydrogen (secondary N) is 2. The maximum absolute atomic E-state index is 13.2. The number of aliphatic carboxylic acids is 1. The molecule has 7 heteroatoms. The Labute approximate surface area is 220 Å². The molecule has 36 heavy (non-hydrogen) atoms. The number of carbonyl (C=O) groups excluding carboxylic acids is 1. The van der Waals surface area contributed by atoms with Crippen LogP contribution in [0.15, 0.2) is 71.2 Å². The molecule has 0 saturated carbocycles. The molecule has 1 aliphatic heterocycles. The van der Waals surface area contributed by atoms with E-state index in [1.165, 1.54) is 5.56 Å². The minimum absolute atomic E-state index is 0.0497. The van der Waals surface area contributed by atoms with Gasteiger partial charge in [0, 0.05) is 28.7 Å². The van der Waals surface area contributed by atoms with Gasteiger partial charge in [-0.25, -0.2) is 0 Å². The second-order valence-electron chi connectivity index (χ2n) is 8.77. The second-order valence-corrected chi connectivity index (χ2v) is 9.69. The van der Waals surface area contributed by atoms with Crippen LogP contribution in [0.1, 0.15) is 42.5 Å². The van der Waals surface area contributed by atoms with Crippen LogP contribution in [0.3, 0.4) is 0 Å². The zero-order valence-electron chi connectivity index (χ0n) is 20.5.